The number of amides is 2. The summed E-state index contributed by atoms with van der Waals surface area (Å²) in [5, 5.41) is 10.5. The van der Waals surface area contributed by atoms with Gasteiger partial charge in [0.1, 0.15) is 0 Å². The van der Waals surface area contributed by atoms with E-state index in [0.717, 1.165) is 12.8 Å². The lowest BCUT2D eigenvalue weighted by atomic mass is 10.1. The molecule has 0 aliphatic rings. The second-order valence-electron chi connectivity index (χ2n) is 5.59. The fraction of sp³-hybridized carbons (Fsp3) is 0.235. The van der Waals surface area contributed by atoms with Gasteiger partial charge in [-0.2, -0.15) is 0 Å². The molecule has 0 spiro atoms. The first-order valence-corrected chi connectivity index (χ1v) is 9.13. The van der Waals surface area contributed by atoms with Gasteiger partial charge in [-0.05, 0) is 49.6 Å². The maximum absolute atomic E-state index is 12.0. The molecule has 2 aromatic carbocycles. The lowest BCUT2D eigenvalue weighted by Crippen LogP contribution is -2.36. The van der Waals surface area contributed by atoms with Crippen LogP contribution in [0.2, 0.25) is 0 Å². The Morgan fingerprint density at radius 2 is 1.71 bits per heavy atom. The van der Waals surface area contributed by atoms with Crippen molar-refractivity contribution in [2.24, 2.45) is 5.14 Å². The molecule has 0 radical (unpaired) electrons. The van der Waals surface area contributed by atoms with Crippen LogP contribution in [-0.4, -0.2) is 20.5 Å². The molecule has 24 heavy (non-hydrogen) atoms. The Labute approximate surface area is 142 Å². The van der Waals surface area contributed by atoms with Crippen molar-refractivity contribution in [2.75, 3.05) is 5.32 Å². The topological polar surface area (TPSA) is 101 Å². The first-order valence-electron chi connectivity index (χ1n) is 7.59. The van der Waals surface area contributed by atoms with E-state index >= 15 is 0 Å². The Morgan fingerprint density at radius 3 is 2.29 bits per heavy atom. The zero-order valence-corrected chi connectivity index (χ0v) is 14.2. The maximum atomic E-state index is 12.0. The summed E-state index contributed by atoms with van der Waals surface area (Å²) in [6, 6.07) is 15.4. The number of hydrogen-bond acceptors (Lipinski definition) is 3. The van der Waals surface area contributed by atoms with Crippen LogP contribution >= 0.6 is 0 Å². The Bertz CT molecular complexity index is 774. The molecule has 0 saturated heterocycles. The van der Waals surface area contributed by atoms with E-state index in [1.54, 1.807) is 0 Å². The first kappa shape index (κ1) is 18.0. The molecule has 0 fully saturated rings. The highest BCUT2D eigenvalue weighted by Gasteiger charge is 2.10. The second kappa shape index (κ2) is 7.94. The van der Waals surface area contributed by atoms with Gasteiger partial charge in [0.25, 0.3) is 0 Å². The van der Waals surface area contributed by atoms with Crippen LogP contribution in [0.1, 0.15) is 18.9 Å². The number of carbonyl (C=O) groups excluding carboxylic acids is 1. The highest BCUT2D eigenvalue weighted by molar-refractivity contribution is 7.89. The third-order valence-electron chi connectivity index (χ3n) is 3.53. The van der Waals surface area contributed by atoms with Gasteiger partial charge in [0.05, 0.1) is 4.90 Å². The van der Waals surface area contributed by atoms with Crippen molar-refractivity contribution in [3.63, 3.8) is 0 Å². The summed E-state index contributed by atoms with van der Waals surface area (Å²) in [7, 11) is -3.73. The molecular weight excluding hydrogens is 326 g/mol. The number of primary sulfonamides is 1. The van der Waals surface area contributed by atoms with Crippen LogP contribution in [-0.2, 0) is 16.4 Å². The van der Waals surface area contributed by atoms with Crippen LogP contribution in [0.4, 0.5) is 10.5 Å². The molecule has 2 rings (SSSR count). The summed E-state index contributed by atoms with van der Waals surface area (Å²) in [6.07, 6.45) is 1.70. The largest absolute Gasteiger partial charge is 0.335 e. The monoisotopic (exact) mass is 347 g/mol. The minimum absolute atomic E-state index is 0.00434. The van der Waals surface area contributed by atoms with Gasteiger partial charge in [0, 0.05) is 11.7 Å². The number of nitrogens with two attached hydrogens (primary N) is 1. The number of nitrogens with one attached hydrogen (secondary N) is 2. The van der Waals surface area contributed by atoms with Gasteiger partial charge in [0.15, 0.2) is 0 Å². The average Bonchev–Trinajstić information content (AvgIpc) is 2.53. The summed E-state index contributed by atoms with van der Waals surface area (Å²) >= 11 is 0. The molecule has 128 valence electrons. The van der Waals surface area contributed by atoms with Crippen LogP contribution in [0, 0.1) is 0 Å². The Kier molecular flexibility index (Phi) is 5.94. The zero-order chi connectivity index (χ0) is 17.6. The van der Waals surface area contributed by atoms with Crippen molar-refractivity contribution >= 4 is 21.7 Å². The predicted molar refractivity (Wildman–Crippen MR) is 94.2 cm³/mol. The predicted octanol–water partition coefficient (Wildman–Crippen LogP) is 2.48. The molecule has 0 aliphatic heterocycles. The lowest BCUT2D eigenvalue weighted by molar-refractivity contribution is 0.248. The van der Waals surface area contributed by atoms with Gasteiger partial charge in [-0.3, -0.25) is 0 Å². The molecule has 4 N–H and O–H groups in total. The zero-order valence-electron chi connectivity index (χ0n) is 13.4. The maximum Gasteiger partial charge on any atom is 0.319 e. The number of benzene rings is 2. The Balaban J connectivity index is 1.82. The number of carbonyl (C=O) groups is 1. The Hall–Kier alpha value is -2.38. The molecule has 0 saturated carbocycles. The fourth-order valence-corrected chi connectivity index (χ4v) is 2.73. The van der Waals surface area contributed by atoms with Gasteiger partial charge in [-0.1, -0.05) is 30.3 Å². The van der Waals surface area contributed by atoms with E-state index in [2.05, 4.69) is 22.8 Å². The molecule has 1 atom stereocenters. The van der Waals surface area contributed by atoms with Gasteiger partial charge in [0.2, 0.25) is 10.0 Å². The number of sulfonamides is 1. The molecule has 1 unspecified atom stereocenters. The molecule has 0 aromatic heterocycles. The van der Waals surface area contributed by atoms with Crippen molar-refractivity contribution in [3.8, 4) is 0 Å². The number of aryl methyl sites for hydroxylation is 1. The fourth-order valence-electron chi connectivity index (χ4n) is 2.22. The van der Waals surface area contributed by atoms with E-state index in [1.807, 2.05) is 25.1 Å². The van der Waals surface area contributed by atoms with Crippen molar-refractivity contribution in [1.82, 2.24) is 5.32 Å². The van der Waals surface area contributed by atoms with Crippen LogP contribution in [0.25, 0.3) is 0 Å². The summed E-state index contributed by atoms with van der Waals surface area (Å²) in [4.78, 5) is 12.0. The summed E-state index contributed by atoms with van der Waals surface area (Å²) < 4.78 is 22.4. The van der Waals surface area contributed by atoms with Crippen LogP contribution in [0.3, 0.4) is 0 Å². The minimum Gasteiger partial charge on any atom is -0.335 e. The molecule has 0 bridgehead atoms. The van der Waals surface area contributed by atoms with Crippen molar-refractivity contribution in [3.05, 3.63) is 60.2 Å². The number of hydrogen-bond donors (Lipinski definition) is 3. The summed E-state index contributed by atoms with van der Waals surface area (Å²) in [5.74, 6) is 0. The van der Waals surface area contributed by atoms with Crippen LogP contribution < -0.4 is 15.8 Å². The Morgan fingerprint density at radius 1 is 1.08 bits per heavy atom. The van der Waals surface area contributed by atoms with Crippen LogP contribution in [0.15, 0.2) is 59.5 Å². The normalized spacial score (nSPS) is 12.4. The smallest absolute Gasteiger partial charge is 0.319 e. The number of urea groups is 1. The van der Waals surface area contributed by atoms with Gasteiger partial charge >= 0.3 is 6.03 Å². The van der Waals surface area contributed by atoms with Crippen molar-refractivity contribution in [2.45, 2.75) is 30.7 Å². The van der Waals surface area contributed by atoms with E-state index in [1.165, 1.54) is 29.8 Å². The second-order valence-corrected chi connectivity index (χ2v) is 7.15. The minimum atomic E-state index is -3.73. The third kappa shape index (κ3) is 5.68. The molecule has 7 heteroatoms. The number of anilines is 1. The molecule has 0 aliphatic carbocycles. The molecular formula is C17H21N3O3S. The highest BCUT2D eigenvalue weighted by Crippen LogP contribution is 2.12. The molecule has 2 aromatic rings. The summed E-state index contributed by atoms with van der Waals surface area (Å²) in [5.41, 5.74) is 1.72. The third-order valence-corrected chi connectivity index (χ3v) is 4.46. The number of rotatable bonds is 6. The summed E-state index contributed by atoms with van der Waals surface area (Å²) in [6.45, 7) is 1.94. The first-order chi connectivity index (χ1) is 11.3. The average molecular weight is 347 g/mol. The lowest BCUT2D eigenvalue weighted by Gasteiger charge is -2.15. The van der Waals surface area contributed by atoms with Crippen molar-refractivity contribution in [1.29, 1.82) is 0 Å². The molecule has 2 amide bonds. The molecule has 0 heterocycles. The van der Waals surface area contributed by atoms with Gasteiger partial charge in [-0.25, -0.2) is 18.4 Å². The quantitative estimate of drug-likeness (QED) is 0.748. The van der Waals surface area contributed by atoms with E-state index in [-0.39, 0.29) is 17.0 Å². The van der Waals surface area contributed by atoms with Gasteiger partial charge < -0.3 is 10.6 Å². The van der Waals surface area contributed by atoms with E-state index in [4.69, 9.17) is 5.14 Å². The standard InChI is InChI=1S/C17H21N3O3S/c1-13(7-8-14-5-3-2-4-6-14)19-17(21)20-15-9-11-16(12-10-15)24(18,22)23/h2-6,9-13H,7-8H2,1H3,(H2,18,22,23)(H2,19,20,21). The van der Waals surface area contributed by atoms with Crippen LogP contribution in [0.5, 0.6) is 0 Å². The van der Waals surface area contributed by atoms with Crippen molar-refractivity contribution < 1.29 is 13.2 Å². The van der Waals surface area contributed by atoms with E-state index in [0.29, 0.717) is 5.69 Å². The SMILES string of the molecule is CC(CCc1ccccc1)NC(=O)Nc1ccc(S(N)(=O)=O)cc1. The van der Waals surface area contributed by atoms with Gasteiger partial charge in [-0.15, -0.1) is 0 Å². The van der Waals surface area contributed by atoms with E-state index in [9.17, 15) is 13.2 Å². The van der Waals surface area contributed by atoms with E-state index < -0.39 is 10.0 Å². The molecule has 6 nitrogen and oxygen atoms in total. The highest BCUT2D eigenvalue weighted by atomic mass is 32.2.